The van der Waals surface area contributed by atoms with Gasteiger partial charge in [0.05, 0.1) is 50.7 Å². The van der Waals surface area contributed by atoms with Gasteiger partial charge in [0, 0.05) is 67.4 Å². The van der Waals surface area contributed by atoms with E-state index in [1.807, 2.05) is 11.9 Å². The van der Waals surface area contributed by atoms with E-state index < -0.39 is 41.3 Å². The number of aromatic nitrogens is 2. The number of alkyl halides is 4. The number of benzene rings is 2. The third-order valence-electron chi connectivity index (χ3n) is 8.88. The summed E-state index contributed by atoms with van der Waals surface area (Å²) in [6, 6.07) is 4.51. The molecule has 2 aliphatic rings. The number of hydrogen-bond donors (Lipinski definition) is 2. The lowest BCUT2D eigenvalue weighted by Gasteiger charge is -2.31. The van der Waals surface area contributed by atoms with E-state index in [4.69, 9.17) is 35.3 Å². The summed E-state index contributed by atoms with van der Waals surface area (Å²) in [5.74, 6) is -2.03. The van der Waals surface area contributed by atoms with Gasteiger partial charge in [0.1, 0.15) is 11.4 Å². The summed E-state index contributed by atoms with van der Waals surface area (Å²) in [4.78, 5) is 50.8. The molecule has 2 N–H and O–H groups in total. The minimum Gasteiger partial charge on any atom is -0.493 e. The highest BCUT2D eigenvalue weighted by Gasteiger charge is 2.44. The molecule has 1 fully saturated rings. The van der Waals surface area contributed by atoms with Crippen molar-refractivity contribution < 1.29 is 51.2 Å². The van der Waals surface area contributed by atoms with Gasteiger partial charge >= 0.3 is 18.2 Å². The van der Waals surface area contributed by atoms with E-state index in [1.54, 1.807) is 12.1 Å². The first-order valence-corrected chi connectivity index (χ1v) is 15.6. The maximum atomic E-state index is 14.5. The number of piperazine rings is 1. The van der Waals surface area contributed by atoms with E-state index in [1.165, 1.54) is 37.2 Å². The zero-order valence-corrected chi connectivity index (χ0v) is 27.9. The zero-order valence-electron chi connectivity index (χ0n) is 27.2. The minimum absolute atomic E-state index is 0.0606. The topological polar surface area (TPSA) is 139 Å². The molecule has 0 spiro atoms. The Morgan fingerprint density at radius 1 is 0.939 bits per heavy atom. The van der Waals surface area contributed by atoms with E-state index in [0.717, 1.165) is 7.11 Å². The molecule has 2 aromatic heterocycles. The molecule has 0 aliphatic carbocycles. The number of ether oxygens (including phenoxy) is 5. The highest BCUT2D eigenvalue weighted by atomic mass is 35.5. The van der Waals surface area contributed by atoms with Crippen molar-refractivity contribution in [2.24, 2.45) is 0 Å². The van der Waals surface area contributed by atoms with Crippen LogP contribution in [0.2, 0.25) is 0 Å². The zero-order chi connectivity index (χ0) is 35.4. The lowest BCUT2D eigenvalue weighted by molar-refractivity contribution is -0.141. The van der Waals surface area contributed by atoms with E-state index in [2.05, 4.69) is 9.97 Å². The summed E-state index contributed by atoms with van der Waals surface area (Å²) in [5.41, 5.74) is -1.56. The van der Waals surface area contributed by atoms with Crippen LogP contribution in [0.4, 0.5) is 23.7 Å². The molecule has 0 saturated carbocycles. The normalized spacial score (nSPS) is 16.6. The van der Waals surface area contributed by atoms with E-state index >= 15 is 0 Å². The van der Waals surface area contributed by atoms with E-state index in [-0.39, 0.29) is 46.0 Å². The maximum Gasteiger partial charge on any atom is 0.432 e. The Morgan fingerprint density at radius 2 is 1.63 bits per heavy atom. The van der Waals surface area contributed by atoms with Gasteiger partial charge in [-0.25, -0.2) is 9.59 Å². The lowest BCUT2D eigenvalue weighted by atomic mass is 9.95. The molecule has 2 aliphatic heterocycles. The fourth-order valence-electron chi connectivity index (χ4n) is 6.48. The molecule has 0 radical (unpaired) electrons. The molecule has 4 heterocycles. The second-order valence-corrected chi connectivity index (χ2v) is 11.9. The van der Waals surface area contributed by atoms with Crippen molar-refractivity contribution in [2.45, 2.75) is 12.1 Å². The molecule has 0 unspecified atom stereocenters. The number of nitrogens with zero attached hydrogens (tertiary/aromatic N) is 3. The van der Waals surface area contributed by atoms with Gasteiger partial charge in [0.15, 0.2) is 17.2 Å². The van der Waals surface area contributed by atoms with Crippen molar-refractivity contribution in [3.63, 3.8) is 0 Å². The number of likely N-dealkylation sites (N-methyl/N-ethyl adjacent to an activating group) is 1. The summed E-state index contributed by atoms with van der Waals surface area (Å²) in [7, 11) is 7.19. The molecule has 262 valence electrons. The third-order valence-corrected chi connectivity index (χ3v) is 9.25. The molecule has 0 bridgehead atoms. The van der Waals surface area contributed by atoms with Crippen LogP contribution < -0.4 is 23.8 Å². The van der Waals surface area contributed by atoms with Gasteiger partial charge < -0.3 is 48.4 Å². The van der Waals surface area contributed by atoms with E-state index in [0.29, 0.717) is 54.3 Å². The van der Waals surface area contributed by atoms with Crippen LogP contribution >= 0.6 is 11.6 Å². The molecule has 6 rings (SSSR count). The number of H-pyrrole nitrogens is 2. The van der Waals surface area contributed by atoms with Gasteiger partial charge in [-0.2, -0.15) is 13.2 Å². The molecular weight excluding hydrogens is 675 g/mol. The minimum atomic E-state index is -5.02. The summed E-state index contributed by atoms with van der Waals surface area (Å²) in [6.45, 7) is 1.72. The average Bonchev–Trinajstić information content (AvgIpc) is 3.80. The molecule has 17 heteroatoms. The molecule has 4 aromatic rings. The van der Waals surface area contributed by atoms with Crippen molar-refractivity contribution in [3.05, 3.63) is 40.7 Å². The Hall–Kier alpha value is -4.83. The molecule has 1 saturated heterocycles. The van der Waals surface area contributed by atoms with Crippen LogP contribution in [0.3, 0.4) is 0 Å². The second-order valence-electron chi connectivity index (χ2n) is 11.6. The quantitative estimate of drug-likeness (QED) is 0.196. The molecule has 2 aromatic carbocycles. The number of fused-ring (bicyclic) bond motifs is 4. The highest BCUT2D eigenvalue weighted by Crippen LogP contribution is 2.50. The van der Waals surface area contributed by atoms with Crippen LogP contribution in [0.15, 0.2) is 18.2 Å². The SMILES string of the molecule is COC(=O)c1c(C(F)(F)F)[nH]c2c(OC(=O)N3CCN(C)CC3)cc3c(c12)[C@H](CCl)CN3C(=O)c1cc2c(OC)c(OC)c(OC)cc2[nH]1. The third kappa shape index (κ3) is 5.71. The van der Waals surface area contributed by atoms with E-state index in [9.17, 15) is 27.6 Å². The number of carbonyl (C=O) groups excluding carboxylic acids is 3. The van der Waals surface area contributed by atoms with Gasteiger partial charge in [-0.05, 0) is 18.7 Å². The first kappa shape index (κ1) is 34.0. The van der Waals surface area contributed by atoms with Crippen LogP contribution in [-0.2, 0) is 10.9 Å². The number of halogens is 4. The van der Waals surface area contributed by atoms with Gasteiger partial charge in [-0.15, -0.1) is 11.6 Å². The number of amides is 2. The summed E-state index contributed by atoms with van der Waals surface area (Å²) in [6.07, 6.45) is -5.82. The molecular formula is C32H33ClF3N5O8. The van der Waals surface area contributed by atoms with Crippen LogP contribution in [0, 0.1) is 0 Å². The number of carbonyl (C=O) groups is 3. The fraction of sp³-hybridized carbons (Fsp3) is 0.406. The molecule has 1 atom stereocenters. The Balaban J connectivity index is 1.54. The van der Waals surface area contributed by atoms with Crippen LogP contribution in [-0.4, -0.2) is 112 Å². The standard InChI is InChI=1S/C32H33ClF3N5O8/c1-39-6-8-40(9-7-39)31(44)49-20-12-19-22(23-24(30(43)48-5)28(32(34,35)36)38-25(20)23)15(13-33)14-41(19)29(42)18-10-16-17(37-18)11-21(45-2)27(47-4)26(16)46-3/h10-12,15,37-38H,6-9,13-14H2,1-5H3/t15-/m1/s1. The number of nitrogens with one attached hydrogen (secondary N) is 2. The number of esters is 1. The number of methoxy groups -OCH3 is 4. The lowest BCUT2D eigenvalue weighted by Crippen LogP contribution is -2.48. The monoisotopic (exact) mass is 707 g/mol. The van der Waals surface area contributed by atoms with Gasteiger partial charge in [0.25, 0.3) is 5.91 Å². The Morgan fingerprint density at radius 3 is 2.22 bits per heavy atom. The van der Waals surface area contributed by atoms with Crippen LogP contribution in [0.25, 0.3) is 21.8 Å². The van der Waals surface area contributed by atoms with Crippen molar-refractivity contribution in [1.82, 2.24) is 19.8 Å². The summed E-state index contributed by atoms with van der Waals surface area (Å²) < 4.78 is 70.4. The van der Waals surface area contributed by atoms with Crippen molar-refractivity contribution in [2.75, 3.05) is 79.0 Å². The van der Waals surface area contributed by atoms with Crippen LogP contribution in [0.5, 0.6) is 23.0 Å². The first-order valence-electron chi connectivity index (χ1n) is 15.1. The highest BCUT2D eigenvalue weighted by molar-refractivity contribution is 6.20. The van der Waals surface area contributed by atoms with Crippen molar-refractivity contribution in [1.29, 1.82) is 0 Å². The number of hydrogen-bond acceptors (Lipinski definition) is 9. The Kier molecular flexibility index (Phi) is 8.96. The number of rotatable bonds is 7. The molecule has 13 nitrogen and oxygen atoms in total. The number of anilines is 1. The summed E-state index contributed by atoms with van der Waals surface area (Å²) >= 11 is 6.39. The second kappa shape index (κ2) is 12.9. The first-order chi connectivity index (χ1) is 23.4. The van der Waals surface area contributed by atoms with Gasteiger partial charge in [0.2, 0.25) is 5.75 Å². The van der Waals surface area contributed by atoms with Gasteiger partial charge in [-0.1, -0.05) is 0 Å². The number of aromatic amines is 2. The molecule has 49 heavy (non-hydrogen) atoms. The average molecular weight is 708 g/mol. The van der Waals surface area contributed by atoms with Crippen LogP contribution in [0.1, 0.15) is 38.0 Å². The predicted octanol–water partition coefficient (Wildman–Crippen LogP) is 5.21. The summed E-state index contributed by atoms with van der Waals surface area (Å²) in [5, 5.41) is 0.300. The largest absolute Gasteiger partial charge is 0.493 e. The Labute approximate surface area is 282 Å². The fourth-order valence-corrected chi connectivity index (χ4v) is 6.73. The maximum absolute atomic E-state index is 14.5. The molecule has 2 amide bonds. The smallest absolute Gasteiger partial charge is 0.432 e. The van der Waals surface area contributed by atoms with Gasteiger partial charge in [-0.3, -0.25) is 4.79 Å². The predicted molar refractivity (Wildman–Crippen MR) is 173 cm³/mol. The van der Waals surface area contributed by atoms with Crippen molar-refractivity contribution >= 4 is 57.1 Å². The van der Waals surface area contributed by atoms with Crippen molar-refractivity contribution in [3.8, 4) is 23.0 Å². The Bertz CT molecular complexity index is 1970.